The van der Waals surface area contributed by atoms with E-state index in [9.17, 15) is 0 Å². The van der Waals surface area contributed by atoms with Gasteiger partial charge in [-0.3, -0.25) is 4.68 Å². The van der Waals surface area contributed by atoms with Gasteiger partial charge in [-0.2, -0.15) is 5.10 Å². The fraction of sp³-hybridized carbons (Fsp3) is 0.375. The fourth-order valence-corrected chi connectivity index (χ4v) is 0.785. The molecule has 0 spiro atoms. The summed E-state index contributed by atoms with van der Waals surface area (Å²) in [5.74, 6) is 0. The Kier molecular flexibility index (Phi) is 1.90. The summed E-state index contributed by atoms with van der Waals surface area (Å²) in [5, 5.41) is 4.20. The molecule has 0 atom stereocenters. The molecule has 2 nitrogen and oxygen atoms in total. The van der Waals surface area contributed by atoms with Crippen molar-refractivity contribution in [1.82, 2.24) is 9.78 Å². The van der Waals surface area contributed by atoms with Gasteiger partial charge in [-0.1, -0.05) is 13.5 Å². The second kappa shape index (κ2) is 2.69. The zero-order valence-electron chi connectivity index (χ0n) is 6.46. The van der Waals surface area contributed by atoms with E-state index >= 15 is 0 Å². The average molecular weight is 136 g/mol. The maximum atomic E-state index is 4.20. The lowest BCUT2D eigenvalue weighted by Crippen LogP contribution is -1.89. The minimum atomic E-state index is 0.969. The van der Waals surface area contributed by atoms with Crippen LogP contribution in [0.25, 0.3) is 5.57 Å². The average Bonchev–Trinajstić information content (AvgIpc) is 2.34. The molecule has 1 aromatic heterocycles. The van der Waals surface area contributed by atoms with Crippen LogP contribution >= 0.6 is 0 Å². The quantitative estimate of drug-likeness (QED) is 0.606. The number of aryl methyl sites for hydroxylation is 1. The molecule has 0 saturated heterocycles. The molecule has 0 aromatic carbocycles. The highest BCUT2D eigenvalue weighted by Gasteiger charge is 1.97. The molecule has 0 aliphatic rings. The minimum absolute atomic E-state index is 0.969. The highest BCUT2D eigenvalue weighted by Crippen LogP contribution is 2.11. The van der Waals surface area contributed by atoms with Crippen molar-refractivity contribution in [3.05, 3.63) is 24.5 Å². The zero-order chi connectivity index (χ0) is 7.56. The van der Waals surface area contributed by atoms with Crippen LogP contribution < -0.4 is 0 Å². The first-order valence-electron chi connectivity index (χ1n) is 3.42. The van der Waals surface area contributed by atoms with Gasteiger partial charge in [0.05, 0.1) is 5.69 Å². The van der Waals surface area contributed by atoms with Crippen LogP contribution in [0.5, 0.6) is 0 Å². The molecular formula is C8H12N2. The second-order valence-electron chi connectivity index (χ2n) is 2.33. The fourth-order valence-electron chi connectivity index (χ4n) is 0.785. The third-order valence-corrected chi connectivity index (χ3v) is 1.50. The molecule has 0 fully saturated rings. The molecule has 54 valence electrons. The number of hydrogen-bond acceptors (Lipinski definition) is 1. The summed E-state index contributed by atoms with van der Waals surface area (Å²) in [6, 6.07) is 1.98. The summed E-state index contributed by atoms with van der Waals surface area (Å²) in [6.45, 7) is 5.96. The molecule has 2 heteroatoms. The Morgan fingerprint density at radius 3 is 2.90 bits per heavy atom. The SMILES string of the molecule is C=C(CC)c1ccn(C)n1. The molecule has 0 saturated carbocycles. The van der Waals surface area contributed by atoms with Crippen LogP contribution in [-0.4, -0.2) is 9.78 Å². The van der Waals surface area contributed by atoms with E-state index in [0.717, 1.165) is 17.7 Å². The summed E-state index contributed by atoms with van der Waals surface area (Å²) >= 11 is 0. The van der Waals surface area contributed by atoms with Gasteiger partial charge in [0.15, 0.2) is 0 Å². The molecule has 1 rings (SSSR count). The lowest BCUT2D eigenvalue weighted by Gasteiger charge is -1.93. The lowest BCUT2D eigenvalue weighted by atomic mass is 10.2. The van der Waals surface area contributed by atoms with Gasteiger partial charge in [0, 0.05) is 13.2 Å². The third-order valence-electron chi connectivity index (χ3n) is 1.50. The Bertz CT molecular complexity index is 235. The molecule has 1 heterocycles. The van der Waals surface area contributed by atoms with Crippen molar-refractivity contribution in [1.29, 1.82) is 0 Å². The van der Waals surface area contributed by atoms with Gasteiger partial charge >= 0.3 is 0 Å². The largest absolute Gasteiger partial charge is 0.275 e. The lowest BCUT2D eigenvalue weighted by molar-refractivity contribution is 0.762. The molecule has 0 unspecified atom stereocenters. The number of hydrogen-bond donors (Lipinski definition) is 0. The van der Waals surface area contributed by atoms with Crippen LogP contribution in [0.15, 0.2) is 18.8 Å². The molecule has 0 bridgehead atoms. The number of aromatic nitrogens is 2. The summed E-state index contributed by atoms with van der Waals surface area (Å²) in [4.78, 5) is 0. The van der Waals surface area contributed by atoms with Crippen LogP contribution in [-0.2, 0) is 7.05 Å². The first-order valence-corrected chi connectivity index (χ1v) is 3.42. The van der Waals surface area contributed by atoms with Gasteiger partial charge in [0.2, 0.25) is 0 Å². The molecule has 0 amide bonds. The van der Waals surface area contributed by atoms with Gasteiger partial charge in [0.25, 0.3) is 0 Å². The van der Waals surface area contributed by atoms with Gasteiger partial charge in [-0.25, -0.2) is 0 Å². The van der Waals surface area contributed by atoms with Crippen molar-refractivity contribution in [3.8, 4) is 0 Å². The van der Waals surface area contributed by atoms with E-state index in [2.05, 4.69) is 18.6 Å². The maximum Gasteiger partial charge on any atom is 0.0876 e. The van der Waals surface area contributed by atoms with Gasteiger partial charge in [-0.15, -0.1) is 0 Å². The van der Waals surface area contributed by atoms with Crippen LogP contribution in [0.3, 0.4) is 0 Å². The van der Waals surface area contributed by atoms with E-state index in [1.54, 1.807) is 4.68 Å². The van der Waals surface area contributed by atoms with Crippen molar-refractivity contribution in [2.75, 3.05) is 0 Å². The maximum absolute atomic E-state index is 4.20. The molecule has 0 aliphatic carbocycles. The van der Waals surface area contributed by atoms with Crippen LogP contribution in [0.4, 0.5) is 0 Å². The van der Waals surface area contributed by atoms with Crippen molar-refractivity contribution < 1.29 is 0 Å². The Morgan fingerprint density at radius 1 is 1.80 bits per heavy atom. The van der Waals surface area contributed by atoms with Crippen LogP contribution in [0, 0.1) is 0 Å². The Hall–Kier alpha value is -1.05. The highest BCUT2D eigenvalue weighted by atomic mass is 15.2. The molecule has 10 heavy (non-hydrogen) atoms. The van der Waals surface area contributed by atoms with Gasteiger partial charge in [0.1, 0.15) is 0 Å². The third kappa shape index (κ3) is 1.26. The highest BCUT2D eigenvalue weighted by molar-refractivity contribution is 5.58. The van der Waals surface area contributed by atoms with E-state index in [1.807, 2.05) is 19.3 Å². The van der Waals surface area contributed by atoms with Crippen LogP contribution in [0.1, 0.15) is 19.0 Å². The van der Waals surface area contributed by atoms with Gasteiger partial charge < -0.3 is 0 Å². The van der Waals surface area contributed by atoms with Crippen molar-refractivity contribution >= 4 is 5.57 Å². The van der Waals surface area contributed by atoms with Crippen molar-refractivity contribution in [3.63, 3.8) is 0 Å². The van der Waals surface area contributed by atoms with E-state index in [4.69, 9.17) is 0 Å². The zero-order valence-corrected chi connectivity index (χ0v) is 6.46. The van der Waals surface area contributed by atoms with E-state index in [-0.39, 0.29) is 0 Å². The van der Waals surface area contributed by atoms with Crippen LogP contribution in [0.2, 0.25) is 0 Å². The smallest absolute Gasteiger partial charge is 0.0876 e. The predicted octanol–water partition coefficient (Wildman–Crippen LogP) is 1.84. The van der Waals surface area contributed by atoms with E-state index < -0.39 is 0 Å². The summed E-state index contributed by atoms with van der Waals surface area (Å²) < 4.78 is 1.79. The standard InChI is InChI=1S/C8H12N2/c1-4-7(2)8-5-6-10(3)9-8/h5-6H,2,4H2,1,3H3. The summed E-state index contributed by atoms with van der Waals surface area (Å²) in [7, 11) is 1.91. The Morgan fingerprint density at radius 2 is 2.50 bits per heavy atom. The Labute approximate surface area is 61.2 Å². The summed E-state index contributed by atoms with van der Waals surface area (Å²) in [6.07, 6.45) is 2.90. The van der Waals surface area contributed by atoms with E-state index in [0.29, 0.717) is 0 Å². The van der Waals surface area contributed by atoms with E-state index in [1.165, 1.54) is 0 Å². The molecule has 0 N–H and O–H groups in total. The monoisotopic (exact) mass is 136 g/mol. The first kappa shape index (κ1) is 7.06. The minimum Gasteiger partial charge on any atom is -0.275 e. The predicted molar refractivity (Wildman–Crippen MR) is 42.5 cm³/mol. The first-order chi connectivity index (χ1) is 4.74. The second-order valence-corrected chi connectivity index (χ2v) is 2.33. The number of nitrogens with zero attached hydrogens (tertiary/aromatic N) is 2. The normalized spacial score (nSPS) is 9.80. The van der Waals surface area contributed by atoms with Crippen molar-refractivity contribution in [2.24, 2.45) is 7.05 Å². The van der Waals surface area contributed by atoms with Crippen molar-refractivity contribution in [2.45, 2.75) is 13.3 Å². The molecular weight excluding hydrogens is 124 g/mol. The molecule has 1 aromatic rings. The number of rotatable bonds is 2. The molecule has 0 aliphatic heterocycles. The number of allylic oxidation sites excluding steroid dienone is 1. The molecule has 0 radical (unpaired) electrons. The van der Waals surface area contributed by atoms with Gasteiger partial charge in [-0.05, 0) is 18.1 Å². The summed E-state index contributed by atoms with van der Waals surface area (Å²) in [5.41, 5.74) is 2.10. The topological polar surface area (TPSA) is 17.8 Å². The Balaban J connectivity index is 2.85.